The van der Waals surface area contributed by atoms with E-state index >= 15 is 0 Å². The molecule has 1 saturated heterocycles. The summed E-state index contributed by atoms with van der Waals surface area (Å²) in [6.45, 7) is 1.92. The Bertz CT molecular complexity index is 1210. The molecule has 1 fully saturated rings. The number of piperidine rings is 1. The summed E-state index contributed by atoms with van der Waals surface area (Å²) >= 11 is 0. The van der Waals surface area contributed by atoms with Crippen molar-refractivity contribution in [2.45, 2.75) is 25.3 Å². The van der Waals surface area contributed by atoms with Crippen molar-refractivity contribution in [3.8, 4) is 11.3 Å². The number of rotatable bonds is 5. The molecule has 1 aliphatic rings. The summed E-state index contributed by atoms with van der Waals surface area (Å²) < 4.78 is 3.46. The van der Waals surface area contributed by atoms with Gasteiger partial charge in [0.25, 0.3) is 0 Å². The molecule has 0 radical (unpaired) electrons. The molecule has 1 aliphatic heterocycles. The molecule has 4 aromatic rings. The molecule has 10 heteroatoms. The summed E-state index contributed by atoms with van der Waals surface area (Å²) in [5.41, 5.74) is 3.42. The Morgan fingerprint density at radius 3 is 2.77 bits per heavy atom. The maximum Gasteiger partial charge on any atom is 0.190 e. The summed E-state index contributed by atoms with van der Waals surface area (Å²) in [6, 6.07) is 4.16. The van der Waals surface area contributed by atoms with Gasteiger partial charge in [-0.05, 0) is 38.1 Å². The van der Waals surface area contributed by atoms with Crippen LogP contribution in [0.25, 0.3) is 22.2 Å². The lowest BCUT2D eigenvalue weighted by atomic mass is 10.1. The first-order valence-corrected chi connectivity index (χ1v) is 9.93. The number of nitrogens with one attached hydrogen (secondary N) is 1. The summed E-state index contributed by atoms with van der Waals surface area (Å²) in [6.07, 6.45) is 9.17. The van der Waals surface area contributed by atoms with E-state index in [0.29, 0.717) is 17.4 Å². The van der Waals surface area contributed by atoms with E-state index < -0.39 is 0 Å². The van der Waals surface area contributed by atoms with Gasteiger partial charge in [0.05, 0.1) is 36.6 Å². The predicted molar refractivity (Wildman–Crippen MR) is 109 cm³/mol. The Hall–Kier alpha value is -3.53. The minimum atomic E-state index is -0.0972. The number of aromatic nitrogens is 8. The summed E-state index contributed by atoms with van der Waals surface area (Å²) in [4.78, 5) is 21.6. The molecule has 1 N–H and O–H groups in total. The van der Waals surface area contributed by atoms with Crippen LogP contribution >= 0.6 is 0 Å². The highest BCUT2D eigenvalue weighted by atomic mass is 16.1. The van der Waals surface area contributed by atoms with Crippen molar-refractivity contribution in [2.75, 3.05) is 13.1 Å². The Kier molecular flexibility index (Phi) is 4.75. The Morgan fingerprint density at radius 1 is 1.10 bits per heavy atom. The van der Waals surface area contributed by atoms with Crippen molar-refractivity contribution in [1.82, 2.24) is 45.3 Å². The van der Waals surface area contributed by atoms with Gasteiger partial charge in [-0.25, -0.2) is 4.68 Å². The molecule has 4 aromatic heterocycles. The molecule has 10 nitrogen and oxygen atoms in total. The van der Waals surface area contributed by atoms with Gasteiger partial charge < -0.3 is 5.32 Å². The van der Waals surface area contributed by atoms with Gasteiger partial charge in [-0.1, -0.05) is 10.4 Å². The van der Waals surface area contributed by atoms with E-state index in [2.05, 4.69) is 35.9 Å². The Balaban J connectivity index is 1.35. The number of hydrogen-bond acceptors (Lipinski definition) is 8. The number of carbonyl (C=O) groups is 1. The molecule has 5 heterocycles. The van der Waals surface area contributed by atoms with Crippen molar-refractivity contribution >= 4 is 16.7 Å². The van der Waals surface area contributed by atoms with Gasteiger partial charge in [0.15, 0.2) is 5.78 Å². The second kappa shape index (κ2) is 7.71. The smallest absolute Gasteiger partial charge is 0.190 e. The van der Waals surface area contributed by atoms with Gasteiger partial charge in [-0.2, -0.15) is 0 Å². The standard InChI is InChI=1S/C20H21N9O/c1-28-11-18(24-26-28)14-6-13-7-15(22-10-17(13)23-9-14)8-20(30)19-12-29(27-25-19)16-2-4-21-5-3-16/h6-7,9-12,16,21H,2-5,8H2,1H3. The van der Waals surface area contributed by atoms with Crippen molar-refractivity contribution in [3.63, 3.8) is 0 Å². The van der Waals surface area contributed by atoms with E-state index in [9.17, 15) is 4.79 Å². The first kappa shape index (κ1) is 18.5. The number of pyridine rings is 2. The van der Waals surface area contributed by atoms with Gasteiger partial charge in [0, 0.05) is 29.9 Å². The number of Topliss-reactive ketones (excluding diaryl/α,β-unsaturated/α-hetero) is 1. The van der Waals surface area contributed by atoms with Gasteiger partial charge >= 0.3 is 0 Å². The number of fused-ring (bicyclic) bond motifs is 1. The van der Waals surface area contributed by atoms with E-state index in [0.717, 1.165) is 48.1 Å². The van der Waals surface area contributed by atoms with E-state index in [1.807, 2.05) is 30.1 Å². The minimum absolute atomic E-state index is 0.0972. The van der Waals surface area contributed by atoms with Crippen molar-refractivity contribution in [2.24, 2.45) is 7.05 Å². The summed E-state index contributed by atoms with van der Waals surface area (Å²) in [5, 5.41) is 20.6. The zero-order valence-electron chi connectivity index (χ0n) is 16.6. The van der Waals surface area contributed by atoms with Gasteiger partial charge in [0.2, 0.25) is 0 Å². The molecule has 0 bridgehead atoms. The average Bonchev–Trinajstić information content (AvgIpc) is 3.43. The van der Waals surface area contributed by atoms with E-state index in [1.54, 1.807) is 23.3 Å². The van der Waals surface area contributed by atoms with Gasteiger partial charge in [0.1, 0.15) is 11.4 Å². The van der Waals surface area contributed by atoms with Crippen LogP contribution in [-0.4, -0.2) is 58.8 Å². The topological polar surface area (TPSA) is 116 Å². The third-order valence-corrected chi connectivity index (χ3v) is 5.34. The Morgan fingerprint density at radius 2 is 1.97 bits per heavy atom. The highest BCUT2D eigenvalue weighted by Gasteiger charge is 2.19. The molecule has 152 valence electrons. The first-order chi connectivity index (χ1) is 14.7. The Labute approximate surface area is 172 Å². The number of nitrogens with zero attached hydrogens (tertiary/aromatic N) is 8. The molecule has 30 heavy (non-hydrogen) atoms. The van der Waals surface area contributed by atoms with Crippen molar-refractivity contribution in [1.29, 1.82) is 0 Å². The molecule has 5 rings (SSSR count). The van der Waals surface area contributed by atoms with Gasteiger partial charge in [-0.3, -0.25) is 19.4 Å². The van der Waals surface area contributed by atoms with Crippen LogP contribution in [0.5, 0.6) is 0 Å². The van der Waals surface area contributed by atoms with Crippen LogP contribution in [-0.2, 0) is 13.5 Å². The molecule has 0 aromatic carbocycles. The molecule has 0 unspecified atom stereocenters. The largest absolute Gasteiger partial charge is 0.317 e. The maximum atomic E-state index is 12.7. The highest BCUT2D eigenvalue weighted by Crippen LogP contribution is 2.21. The van der Waals surface area contributed by atoms with Crippen LogP contribution in [0.4, 0.5) is 0 Å². The lowest BCUT2D eigenvalue weighted by Gasteiger charge is -2.22. The maximum absolute atomic E-state index is 12.7. The minimum Gasteiger partial charge on any atom is -0.317 e. The fraction of sp³-hybridized carbons (Fsp3) is 0.350. The fourth-order valence-electron chi connectivity index (χ4n) is 3.70. The molecule has 0 spiro atoms. The average molecular weight is 403 g/mol. The van der Waals surface area contributed by atoms with Crippen molar-refractivity contribution < 1.29 is 4.79 Å². The molecule has 0 amide bonds. The van der Waals surface area contributed by atoms with Crippen LogP contribution in [0.2, 0.25) is 0 Å². The number of aryl methyl sites for hydroxylation is 1. The lowest BCUT2D eigenvalue weighted by molar-refractivity contribution is 0.0987. The second-order valence-electron chi connectivity index (χ2n) is 7.53. The van der Waals surface area contributed by atoms with Crippen LogP contribution in [0.15, 0.2) is 36.9 Å². The van der Waals surface area contributed by atoms with Gasteiger partial charge in [-0.15, -0.1) is 10.2 Å². The second-order valence-corrected chi connectivity index (χ2v) is 7.53. The molecule has 0 saturated carbocycles. The summed E-state index contributed by atoms with van der Waals surface area (Å²) in [5.74, 6) is -0.0972. The lowest BCUT2D eigenvalue weighted by Crippen LogP contribution is -2.29. The molecular weight excluding hydrogens is 382 g/mol. The quantitative estimate of drug-likeness (QED) is 0.497. The predicted octanol–water partition coefficient (Wildman–Crippen LogP) is 1.37. The normalized spacial score (nSPS) is 15.0. The number of carbonyl (C=O) groups excluding carboxylic acids is 1. The summed E-state index contributed by atoms with van der Waals surface area (Å²) in [7, 11) is 1.82. The van der Waals surface area contributed by atoms with Crippen LogP contribution < -0.4 is 5.32 Å². The fourth-order valence-corrected chi connectivity index (χ4v) is 3.70. The third-order valence-electron chi connectivity index (χ3n) is 5.34. The van der Waals surface area contributed by atoms with Crippen molar-refractivity contribution in [3.05, 3.63) is 48.3 Å². The van der Waals surface area contributed by atoms with E-state index in [4.69, 9.17) is 0 Å². The zero-order chi connectivity index (χ0) is 20.5. The number of ketones is 1. The van der Waals surface area contributed by atoms with E-state index in [1.165, 1.54) is 0 Å². The SMILES string of the molecule is Cn1cc(-c2cnc3cnc(CC(=O)c4cn(C5CCNCC5)nn4)cc3c2)nn1. The van der Waals surface area contributed by atoms with Crippen LogP contribution in [0.1, 0.15) is 35.1 Å². The monoisotopic (exact) mass is 403 g/mol. The number of hydrogen-bond donors (Lipinski definition) is 1. The van der Waals surface area contributed by atoms with Crippen LogP contribution in [0.3, 0.4) is 0 Å². The highest BCUT2D eigenvalue weighted by molar-refractivity contribution is 5.95. The zero-order valence-corrected chi connectivity index (χ0v) is 16.6. The molecular formula is C20H21N9O. The molecule has 0 aliphatic carbocycles. The third kappa shape index (κ3) is 3.69. The molecule has 0 atom stereocenters. The van der Waals surface area contributed by atoms with Crippen LogP contribution in [0, 0.1) is 0 Å². The van der Waals surface area contributed by atoms with E-state index in [-0.39, 0.29) is 12.2 Å². The first-order valence-electron chi connectivity index (χ1n) is 9.93.